The van der Waals surface area contributed by atoms with Gasteiger partial charge in [0.05, 0.1) is 25.0 Å². The fraction of sp³-hybridized carbons (Fsp3) is 0.500. The normalized spacial score (nSPS) is 30.3. The van der Waals surface area contributed by atoms with E-state index in [1.807, 2.05) is 0 Å². The molecule has 1 fully saturated rings. The fourth-order valence-electron chi connectivity index (χ4n) is 1.99. The van der Waals surface area contributed by atoms with Crippen LogP contribution in [0.15, 0.2) is 18.3 Å². The highest BCUT2D eigenvalue weighted by Gasteiger charge is 2.43. The van der Waals surface area contributed by atoms with E-state index in [0.717, 1.165) is 0 Å². The van der Waals surface area contributed by atoms with Gasteiger partial charge in [-0.3, -0.25) is 4.98 Å². The van der Waals surface area contributed by atoms with Crippen LogP contribution >= 0.6 is 0 Å². The van der Waals surface area contributed by atoms with Crippen molar-refractivity contribution in [3.05, 3.63) is 29.6 Å². The Morgan fingerprint density at radius 3 is 2.79 bits per heavy atom. The molecule has 1 unspecified atom stereocenters. The van der Waals surface area contributed by atoms with E-state index in [2.05, 4.69) is 9.72 Å². The lowest BCUT2D eigenvalue weighted by molar-refractivity contribution is -0.0239. The summed E-state index contributed by atoms with van der Waals surface area (Å²) >= 11 is 0. The van der Waals surface area contributed by atoms with Gasteiger partial charge in [-0.2, -0.15) is 0 Å². The summed E-state index contributed by atoms with van der Waals surface area (Å²) in [5.74, 6) is -0.532. The molecule has 0 radical (unpaired) electrons. The molecule has 1 saturated heterocycles. The zero-order valence-electron chi connectivity index (χ0n) is 10.3. The zero-order valence-corrected chi connectivity index (χ0v) is 10.3. The molecule has 0 bridgehead atoms. The molecule has 2 heterocycles. The number of aromatic nitrogens is 1. The van der Waals surface area contributed by atoms with E-state index in [0.29, 0.717) is 5.69 Å². The average Bonchev–Trinajstić information content (AvgIpc) is 2.74. The molecule has 1 aromatic rings. The first-order valence-electron chi connectivity index (χ1n) is 5.75. The lowest BCUT2D eigenvalue weighted by atomic mass is 10.0. The van der Waals surface area contributed by atoms with Gasteiger partial charge in [0.2, 0.25) is 0 Å². The highest BCUT2D eigenvalue weighted by atomic mass is 16.6. The number of carbonyl (C=O) groups is 1. The Hall–Kier alpha value is -1.54. The van der Waals surface area contributed by atoms with Crippen LogP contribution in [-0.4, -0.2) is 58.3 Å². The van der Waals surface area contributed by atoms with Gasteiger partial charge in [-0.25, -0.2) is 4.79 Å². The maximum absolute atomic E-state index is 11.4. The van der Waals surface area contributed by atoms with Gasteiger partial charge in [0.1, 0.15) is 24.4 Å². The lowest BCUT2D eigenvalue weighted by Gasteiger charge is -2.14. The summed E-state index contributed by atoms with van der Waals surface area (Å²) < 4.78 is 9.91. The molecule has 0 saturated carbocycles. The molecular weight excluding hydrogens is 254 g/mol. The predicted molar refractivity (Wildman–Crippen MR) is 62.3 cm³/mol. The third-order valence-corrected chi connectivity index (χ3v) is 3.04. The van der Waals surface area contributed by atoms with Gasteiger partial charge < -0.3 is 24.8 Å². The molecule has 0 aromatic carbocycles. The largest absolute Gasteiger partial charge is 0.465 e. The summed E-state index contributed by atoms with van der Waals surface area (Å²) in [5, 5.41) is 28.5. The Balaban J connectivity index is 2.25. The highest BCUT2D eigenvalue weighted by Crippen LogP contribution is 2.32. The molecule has 19 heavy (non-hydrogen) atoms. The molecule has 1 aliphatic heterocycles. The molecule has 7 heteroatoms. The van der Waals surface area contributed by atoms with Crippen molar-refractivity contribution in [2.45, 2.75) is 24.4 Å². The summed E-state index contributed by atoms with van der Waals surface area (Å²) in [6, 6.07) is 2.89. The molecule has 0 spiro atoms. The van der Waals surface area contributed by atoms with Crippen LogP contribution in [0.3, 0.4) is 0 Å². The van der Waals surface area contributed by atoms with Gasteiger partial charge in [0.15, 0.2) is 0 Å². The Bertz CT molecular complexity index is 465. The van der Waals surface area contributed by atoms with E-state index >= 15 is 0 Å². The van der Waals surface area contributed by atoms with Gasteiger partial charge >= 0.3 is 5.97 Å². The van der Waals surface area contributed by atoms with Crippen LogP contribution in [0.25, 0.3) is 0 Å². The molecular formula is C12H15NO6. The molecule has 3 N–H and O–H groups in total. The average molecular weight is 269 g/mol. The first kappa shape index (κ1) is 13.9. The Morgan fingerprint density at radius 1 is 1.47 bits per heavy atom. The number of rotatable bonds is 3. The van der Waals surface area contributed by atoms with Crippen molar-refractivity contribution in [3.63, 3.8) is 0 Å². The maximum Gasteiger partial charge on any atom is 0.337 e. The van der Waals surface area contributed by atoms with Gasteiger partial charge in [-0.1, -0.05) is 0 Å². The Morgan fingerprint density at radius 2 is 2.21 bits per heavy atom. The van der Waals surface area contributed by atoms with E-state index in [9.17, 15) is 15.0 Å². The topological polar surface area (TPSA) is 109 Å². The monoisotopic (exact) mass is 269 g/mol. The van der Waals surface area contributed by atoms with Crippen molar-refractivity contribution in [3.8, 4) is 0 Å². The van der Waals surface area contributed by atoms with Crippen LogP contribution in [0.2, 0.25) is 0 Å². The van der Waals surface area contributed by atoms with Crippen LogP contribution in [0.4, 0.5) is 0 Å². The number of carbonyl (C=O) groups excluding carboxylic acids is 1. The first-order chi connectivity index (χ1) is 9.08. The first-order valence-corrected chi connectivity index (χ1v) is 5.75. The number of methoxy groups -OCH3 is 1. The number of ether oxygens (including phenoxy) is 2. The number of aliphatic hydroxyl groups excluding tert-OH is 3. The summed E-state index contributed by atoms with van der Waals surface area (Å²) in [7, 11) is 1.26. The van der Waals surface area contributed by atoms with E-state index < -0.39 is 37.0 Å². The molecule has 1 aromatic heterocycles. The number of hydrogen-bond acceptors (Lipinski definition) is 7. The third kappa shape index (κ3) is 2.59. The van der Waals surface area contributed by atoms with Gasteiger partial charge in [-0.05, 0) is 12.1 Å². The van der Waals surface area contributed by atoms with E-state index in [-0.39, 0.29) is 5.56 Å². The second-order valence-corrected chi connectivity index (χ2v) is 4.22. The van der Waals surface area contributed by atoms with Crippen molar-refractivity contribution in [1.29, 1.82) is 0 Å². The second-order valence-electron chi connectivity index (χ2n) is 4.22. The van der Waals surface area contributed by atoms with Crippen LogP contribution in [0, 0.1) is 0 Å². The van der Waals surface area contributed by atoms with Crippen LogP contribution in [-0.2, 0) is 9.47 Å². The number of nitrogens with zero attached hydrogens (tertiary/aromatic N) is 1. The minimum atomic E-state index is -1.21. The molecule has 0 amide bonds. The van der Waals surface area contributed by atoms with Gasteiger partial charge in [0.25, 0.3) is 0 Å². The summed E-state index contributed by atoms with van der Waals surface area (Å²) in [6.45, 7) is -0.411. The number of hydrogen-bond donors (Lipinski definition) is 3. The molecule has 2 rings (SSSR count). The Kier molecular flexibility index (Phi) is 4.11. The molecule has 0 aliphatic carbocycles. The molecule has 7 nitrogen and oxygen atoms in total. The lowest BCUT2D eigenvalue weighted by Crippen LogP contribution is -2.32. The maximum atomic E-state index is 11.4. The molecule has 4 atom stereocenters. The predicted octanol–water partition coefficient (Wildman–Crippen LogP) is -0.978. The van der Waals surface area contributed by atoms with Crippen molar-refractivity contribution in [2.24, 2.45) is 0 Å². The molecule has 104 valence electrons. The van der Waals surface area contributed by atoms with Crippen molar-refractivity contribution < 1.29 is 29.6 Å². The van der Waals surface area contributed by atoms with Crippen LogP contribution < -0.4 is 0 Å². The van der Waals surface area contributed by atoms with E-state index in [4.69, 9.17) is 9.84 Å². The van der Waals surface area contributed by atoms with Crippen molar-refractivity contribution in [1.82, 2.24) is 4.98 Å². The zero-order chi connectivity index (χ0) is 14.0. The fourth-order valence-corrected chi connectivity index (χ4v) is 1.99. The van der Waals surface area contributed by atoms with Gasteiger partial charge in [0, 0.05) is 6.20 Å². The Labute approximate surface area is 109 Å². The van der Waals surface area contributed by atoms with Crippen LogP contribution in [0.1, 0.15) is 22.2 Å². The summed E-state index contributed by atoms with van der Waals surface area (Å²) in [6.07, 6.45) is -2.78. The van der Waals surface area contributed by atoms with Crippen molar-refractivity contribution >= 4 is 5.97 Å². The smallest absolute Gasteiger partial charge is 0.337 e. The van der Waals surface area contributed by atoms with Crippen molar-refractivity contribution in [2.75, 3.05) is 13.7 Å². The minimum Gasteiger partial charge on any atom is -0.465 e. The SMILES string of the molecule is COC(=O)c1ccnc(C2O[C@H](CO)[C@@H](O)[C@H]2O)c1. The standard InChI is InChI=1S/C12H15NO6/c1-18-12(17)6-2-3-13-7(4-6)11-10(16)9(15)8(5-14)19-11/h2-4,8-11,14-16H,5H2,1H3/t8-,9-,10-,11?/m1/s1. The van der Waals surface area contributed by atoms with E-state index in [1.54, 1.807) is 0 Å². The van der Waals surface area contributed by atoms with E-state index in [1.165, 1.54) is 25.4 Å². The van der Waals surface area contributed by atoms with Gasteiger partial charge in [-0.15, -0.1) is 0 Å². The highest BCUT2D eigenvalue weighted by molar-refractivity contribution is 5.89. The number of aliphatic hydroxyl groups is 3. The minimum absolute atomic E-state index is 0.269. The summed E-state index contributed by atoms with van der Waals surface area (Å²) in [4.78, 5) is 15.4. The van der Waals surface area contributed by atoms with Crippen LogP contribution in [0.5, 0.6) is 0 Å². The number of esters is 1. The molecule has 1 aliphatic rings. The third-order valence-electron chi connectivity index (χ3n) is 3.04. The number of pyridine rings is 1. The quantitative estimate of drug-likeness (QED) is 0.605. The summed E-state index contributed by atoms with van der Waals surface area (Å²) in [5.41, 5.74) is 0.565. The second kappa shape index (κ2) is 5.62.